The van der Waals surface area contributed by atoms with E-state index in [0.29, 0.717) is 30.7 Å². The van der Waals surface area contributed by atoms with Crippen molar-refractivity contribution in [3.05, 3.63) is 5.01 Å². The maximum atomic E-state index is 12.2. The smallest absolute Gasteiger partial charge is 0.445 e. The number of alkyl halides is 3. The quantitative estimate of drug-likeness (QED) is 0.784. The minimum atomic E-state index is -4.48. The number of carboxylic acid groups (broad SMARTS) is 1. The van der Waals surface area contributed by atoms with Crippen molar-refractivity contribution in [1.29, 1.82) is 0 Å². The van der Waals surface area contributed by atoms with Gasteiger partial charge in [0.25, 0.3) is 0 Å². The Kier molecular flexibility index (Phi) is 4.88. The van der Waals surface area contributed by atoms with E-state index in [1.54, 1.807) is 6.92 Å². The Balaban J connectivity index is 2.32. The molecule has 102 valence electrons. The first kappa shape index (κ1) is 14.7. The van der Waals surface area contributed by atoms with Crippen LogP contribution in [0.3, 0.4) is 0 Å². The van der Waals surface area contributed by atoms with Gasteiger partial charge in [0.2, 0.25) is 10.1 Å². The highest BCUT2D eigenvalue weighted by Gasteiger charge is 2.35. The first-order valence-corrected chi connectivity index (χ1v) is 5.99. The molecule has 1 heterocycles. The van der Waals surface area contributed by atoms with E-state index in [1.165, 1.54) is 0 Å². The summed E-state index contributed by atoms with van der Waals surface area (Å²) in [6.45, 7) is 1.94. The van der Waals surface area contributed by atoms with Crippen LogP contribution < -0.4 is 5.32 Å². The maximum absolute atomic E-state index is 12.2. The van der Waals surface area contributed by atoms with Crippen LogP contribution in [0.4, 0.5) is 18.3 Å². The fourth-order valence-corrected chi connectivity index (χ4v) is 1.77. The van der Waals surface area contributed by atoms with Gasteiger partial charge < -0.3 is 10.4 Å². The minimum absolute atomic E-state index is 0.0882. The lowest BCUT2D eigenvalue weighted by atomic mass is 10.1. The average molecular weight is 283 g/mol. The summed E-state index contributed by atoms with van der Waals surface area (Å²) in [6, 6.07) is 0. The predicted octanol–water partition coefficient (Wildman–Crippen LogP) is 2.47. The number of hydrogen-bond donors (Lipinski definition) is 2. The van der Waals surface area contributed by atoms with Crippen molar-refractivity contribution in [2.45, 2.75) is 25.9 Å². The van der Waals surface area contributed by atoms with Crippen LogP contribution in [0.15, 0.2) is 0 Å². The molecule has 0 spiro atoms. The van der Waals surface area contributed by atoms with E-state index in [9.17, 15) is 18.0 Å². The Morgan fingerprint density at radius 2 is 2.17 bits per heavy atom. The molecule has 0 fully saturated rings. The highest BCUT2D eigenvalue weighted by atomic mass is 32.1. The number of nitrogens with zero attached hydrogens (tertiary/aromatic N) is 2. The van der Waals surface area contributed by atoms with Crippen molar-refractivity contribution < 1.29 is 23.1 Å². The molecule has 2 N–H and O–H groups in total. The van der Waals surface area contributed by atoms with Crippen molar-refractivity contribution in [2.24, 2.45) is 5.92 Å². The van der Waals surface area contributed by atoms with Crippen LogP contribution in [0.25, 0.3) is 0 Å². The lowest BCUT2D eigenvalue weighted by Gasteiger charge is -2.05. The first-order valence-electron chi connectivity index (χ1n) is 5.18. The molecule has 1 rings (SSSR count). The summed E-state index contributed by atoms with van der Waals surface area (Å²) in [5.74, 6) is -1.35. The number of carbonyl (C=O) groups is 1. The van der Waals surface area contributed by atoms with E-state index in [2.05, 4.69) is 15.5 Å². The van der Waals surface area contributed by atoms with E-state index >= 15 is 0 Å². The van der Waals surface area contributed by atoms with Crippen LogP contribution in [-0.2, 0) is 11.0 Å². The van der Waals surface area contributed by atoms with Crippen LogP contribution in [0.1, 0.15) is 24.8 Å². The Morgan fingerprint density at radius 3 is 2.67 bits per heavy atom. The summed E-state index contributed by atoms with van der Waals surface area (Å²) in [5, 5.41) is 16.8. The molecule has 0 saturated heterocycles. The molecule has 0 aromatic carbocycles. The molecule has 1 atom stereocenters. The van der Waals surface area contributed by atoms with E-state index < -0.39 is 23.1 Å². The average Bonchev–Trinajstić information content (AvgIpc) is 2.72. The minimum Gasteiger partial charge on any atom is -0.481 e. The zero-order chi connectivity index (χ0) is 13.8. The summed E-state index contributed by atoms with van der Waals surface area (Å²) >= 11 is 0.430. The summed E-state index contributed by atoms with van der Waals surface area (Å²) in [4.78, 5) is 10.5. The zero-order valence-corrected chi connectivity index (χ0v) is 10.3. The molecule has 9 heteroatoms. The van der Waals surface area contributed by atoms with Gasteiger partial charge in [-0.2, -0.15) is 13.2 Å². The maximum Gasteiger partial charge on any atom is 0.445 e. The van der Waals surface area contributed by atoms with Gasteiger partial charge >= 0.3 is 12.1 Å². The number of carboxylic acids is 1. The molecule has 0 saturated carbocycles. The van der Waals surface area contributed by atoms with Gasteiger partial charge in [0.15, 0.2) is 0 Å². The molecule has 0 aliphatic heterocycles. The Hall–Kier alpha value is -1.38. The van der Waals surface area contributed by atoms with Gasteiger partial charge in [-0.1, -0.05) is 18.3 Å². The largest absolute Gasteiger partial charge is 0.481 e. The summed E-state index contributed by atoms with van der Waals surface area (Å²) in [7, 11) is 0. The molecule has 0 bridgehead atoms. The number of rotatable bonds is 6. The van der Waals surface area contributed by atoms with Crippen molar-refractivity contribution in [3.63, 3.8) is 0 Å². The molecular weight excluding hydrogens is 271 g/mol. The van der Waals surface area contributed by atoms with Gasteiger partial charge in [-0.25, -0.2) is 0 Å². The molecule has 1 aromatic heterocycles. The lowest BCUT2D eigenvalue weighted by Crippen LogP contribution is -2.11. The third kappa shape index (κ3) is 4.47. The van der Waals surface area contributed by atoms with Crippen molar-refractivity contribution >= 4 is 22.4 Å². The summed E-state index contributed by atoms with van der Waals surface area (Å²) in [6.07, 6.45) is -3.49. The van der Waals surface area contributed by atoms with Crippen LogP contribution in [0, 0.1) is 5.92 Å². The lowest BCUT2D eigenvalue weighted by molar-refractivity contribution is -0.141. The standard InChI is InChI=1S/C9H12F3N3O2S/c1-5(6(16)17)3-2-4-13-8-15-14-7(18-8)9(10,11)12/h5H,2-4H2,1H3,(H,13,15)(H,16,17). The second-order valence-corrected chi connectivity index (χ2v) is 4.70. The van der Waals surface area contributed by atoms with Gasteiger partial charge in [0, 0.05) is 6.54 Å². The third-order valence-corrected chi connectivity index (χ3v) is 3.10. The number of anilines is 1. The number of hydrogen-bond acceptors (Lipinski definition) is 5. The zero-order valence-electron chi connectivity index (χ0n) is 9.49. The third-order valence-electron chi connectivity index (χ3n) is 2.18. The molecule has 5 nitrogen and oxygen atoms in total. The monoisotopic (exact) mass is 283 g/mol. The fraction of sp³-hybridized carbons (Fsp3) is 0.667. The number of nitrogens with one attached hydrogen (secondary N) is 1. The second-order valence-electron chi connectivity index (χ2n) is 3.72. The number of halogens is 3. The summed E-state index contributed by atoms with van der Waals surface area (Å²) in [5.41, 5.74) is 0. The Labute approximate surface area is 105 Å². The van der Waals surface area contributed by atoms with Gasteiger partial charge in [-0.05, 0) is 12.8 Å². The second kappa shape index (κ2) is 5.98. The molecule has 1 aromatic rings. The highest BCUT2D eigenvalue weighted by Crippen LogP contribution is 2.32. The molecule has 0 aliphatic carbocycles. The van der Waals surface area contributed by atoms with Crippen molar-refractivity contribution in [1.82, 2.24) is 10.2 Å². The molecular formula is C9H12F3N3O2S. The van der Waals surface area contributed by atoms with Crippen molar-refractivity contribution in [2.75, 3.05) is 11.9 Å². The fourth-order valence-electron chi connectivity index (χ4n) is 1.14. The Morgan fingerprint density at radius 1 is 1.50 bits per heavy atom. The van der Waals surface area contributed by atoms with Crippen LogP contribution in [-0.4, -0.2) is 27.8 Å². The van der Waals surface area contributed by atoms with Crippen LogP contribution in [0.2, 0.25) is 0 Å². The number of aromatic nitrogens is 2. The van der Waals surface area contributed by atoms with Crippen LogP contribution in [0.5, 0.6) is 0 Å². The number of aliphatic carboxylic acids is 1. The molecule has 0 amide bonds. The Bertz CT molecular complexity index is 408. The normalized spacial score (nSPS) is 13.3. The van der Waals surface area contributed by atoms with E-state index in [0.717, 1.165) is 0 Å². The molecule has 18 heavy (non-hydrogen) atoms. The van der Waals surface area contributed by atoms with E-state index in [4.69, 9.17) is 5.11 Å². The molecule has 0 radical (unpaired) electrons. The van der Waals surface area contributed by atoms with Crippen LogP contribution >= 0.6 is 11.3 Å². The first-order chi connectivity index (χ1) is 8.30. The summed E-state index contributed by atoms with van der Waals surface area (Å²) < 4.78 is 36.6. The SMILES string of the molecule is CC(CCCNc1nnc(C(F)(F)F)s1)C(=O)O. The van der Waals surface area contributed by atoms with Gasteiger partial charge in [-0.15, -0.1) is 10.2 Å². The van der Waals surface area contributed by atoms with E-state index in [-0.39, 0.29) is 5.13 Å². The topological polar surface area (TPSA) is 75.1 Å². The van der Waals surface area contributed by atoms with E-state index in [1.807, 2.05) is 0 Å². The van der Waals surface area contributed by atoms with Gasteiger partial charge in [0.05, 0.1) is 5.92 Å². The predicted molar refractivity (Wildman–Crippen MR) is 59.4 cm³/mol. The molecule has 0 aliphatic rings. The van der Waals surface area contributed by atoms with Gasteiger partial charge in [-0.3, -0.25) is 4.79 Å². The van der Waals surface area contributed by atoms with Crippen molar-refractivity contribution in [3.8, 4) is 0 Å². The molecule has 1 unspecified atom stereocenters. The highest BCUT2D eigenvalue weighted by molar-refractivity contribution is 7.15. The van der Waals surface area contributed by atoms with Gasteiger partial charge in [0.1, 0.15) is 0 Å².